The van der Waals surface area contributed by atoms with Gasteiger partial charge in [-0.1, -0.05) is 12.1 Å². The summed E-state index contributed by atoms with van der Waals surface area (Å²) in [6.07, 6.45) is 0. The number of rotatable bonds is 5. The molecule has 7 nitrogen and oxygen atoms in total. The number of nitrogens with one attached hydrogen (secondary N) is 1. The Hall–Kier alpha value is -2.49. The third kappa shape index (κ3) is 4.51. The van der Waals surface area contributed by atoms with Gasteiger partial charge in [-0.2, -0.15) is 0 Å². The first kappa shape index (κ1) is 17.9. The van der Waals surface area contributed by atoms with Gasteiger partial charge in [-0.15, -0.1) is 0 Å². The number of anilines is 1. The standard InChI is InChI=1S/C16H13IN2O5/c1-10(20)18-14-7-6-11(8-13(14)17)16(21)24-9-12-4-2-3-5-15(12)19(22)23/h2-8H,9H2,1H3,(H,18,20). The zero-order chi connectivity index (χ0) is 17.7. The minimum absolute atomic E-state index is 0.0964. The highest BCUT2D eigenvalue weighted by atomic mass is 127. The van der Waals surface area contributed by atoms with Crippen LogP contribution in [0, 0.1) is 13.7 Å². The molecule has 0 aliphatic carbocycles. The number of hydrogen-bond donors (Lipinski definition) is 1. The number of para-hydroxylation sites is 1. The van der Waals surface area contributed by atoms with Crippen LogP contribution in [0.15, 0.2) is 42.5 Å². The lowest BCUT2D eigenvalue weighted by Crippen LogP contribution is -2.10. The van der Waals surface area contributed by atoms with E-state index in [-0.39, 0.29) is 18.2 Å². The molecule has 2 aromatic carbocycles. The van der Waals surface area contributed by atoms with E-state index in [9.17, 15) is 19.7 Å². The van der Waals surface area contributed by atoms with E-state index in [0.717, 1.165) is 0 Å². The second kappa shape index (κ2) is 7.86. The molecule has 0 saturated heterocycles. The van der Waals surface area contributed by atoms with Crippen LogP contribution in [-0.2, 0) is 16.1 Å². The second-order valence-electron chi connectivity index (χ2n) is 4.84. The molecule has 124 valence electrons. The van der Waals surface area contributed by atoms with Gasteiger partial charge in [0.1, 0.15) is 6.61 Å². The zero-order valence-corrected chi connectivity index (χ0v) is 14.8. The molecule has 1 N–H and O–H groups in total. The number of nitro groups is 1. The normalized spacial score (nSPS) is 10.1. The first-order valence-corrected chi connectivity index (χ1v) is 7.93. The number of nitrogens with zero attached hydrogens (tertiary/aromatic N) is 1. The summed E-state index contributed by atoms with van der Waals surface area (Å²) in [6, 6.07) is 10.8. The van der Waals surface area contributed by atoms with Crippen molar-refractivity contribution in [3.05, 3.63) is 67.3 Å². The smallest absolute Gasteiger partial charge is 0.338 e. The Kier molecular flexibility index (Phi) is 5.85. The minimum Gasteiger partial charge on any atom is -0.457 e. The molecule has 0 aliphatic rings. The first-order chi connectivity index (χ1) is 11.4. The number of halogens is 1. The molecular formula is C16H13IN2O5. The average Bonchev–Trinajstić information content (AvgIpc) is 2.54. The number of hydrogen-bond acceptors (Lipinski definition) is 5. The highest BCUT2D eigenvalue weighted by Crippen LogP contribution is 2.22. The van der Waals surface area contributed by atoms with E-state index in [2.05, 4.69) is 5.32 Å². The number of esters is 1. The highest BCUT2D eigenvalue weighted by Gasteiger charge is 2.15. The maximum Gasteiger partial charge on any atom is 0.338 e. The van der Waals surface area contributed by atoms with Crippen molar-refractivity contribution in [1.82, 2.24) is 0 Å². The van der Waals surface area contributed by atoms with Gasteiger partial charge < -0.3 is 10.1 Å². The maximum atomic E-state index is 12.1. The van der Waals surface area contributed by atoms with Crippen LogP contribution < -0.4 is 5.32 Å². The number of ether oxygens (including phenoxy) is 1. The summed E-state index contributed by atoms with van der Waals surface area (Å²) >= 11 is 1.99. The molecule has 0 spiro atoms. The molecule has 0 radical (unpaired) electrons. The SMILES string of the molecule is CC(=O)Nc1ccc(C(=O)OCc2ccccc2[N+](=O)[O-])cc1I. The van der Waals surface area contributed by atoms with Crippen molar-refractivity contribution in [3.63, 3.8) is 0 Å². The van der Waals surface area contributed by atoms with Crippen LogP contribution in [-0.4, -0.2) is 16.8 Å². The molecule has 1 amide bonds. The third-order valence-corrected chi connectivity index (χ3v) is 3.96. The molecule has 0 atom stereocenters. The summed E-state index contributed by atoms with van der Waals surface area (Å²) in [6.45, 7) is 1.20. The molecule has 2 aromatic rings. The van der Waals surface area contributed by atoms with Crippen molar-refractivity contribution < 1.29 is 19.2 Å². The zero-order valence-electron chi connectivity index (χ0n) is 12.6. The second-order valence-corrected chi connectivity index (χ2v) is 6.00. The third-order valence-electron chi connectivity index (χ3n) is 3.06. The van der Waals surface area contributed by atoms with E-state index < -0.39 is 10.9 Å². The topological polar surface area (TPSA) is 98.5 Å². The van der Waals surface area contributed by atoms with Crippen LogP contribution in [0.4, 0.5) is 11.4 Å². The van der Waals surface area contributed by atoms with Crippen molar-refractivity contribution in [3.8, 4) is 0 Å². The fourth-order valence-corrected chi connectivity index (χ4v) is 2.62. The van der Waals surface area contributed by atoms with Gasteiger partial charge in [-0.25, -0.2) is 4.79 Å². The minimum atomic E-state index is -0.597. The molecule has 0 unspecified atom stereocenters. The van der Waals surface area contributed by atoms with Gasteiger partial charge in [-0.3, -0.25) is 14.9 Å². The Morgan fingerprint density at radius 1 is 1.25 bits per heavy atom. The van der Waals surface area contributed by atoms with Gasteiger partial charge in [0.15, 0.2) is 0 Å². The fraction of sp³-hybridized carbons (Fsp3) is 0.125. The predicted molar refractivity (Wildman–Crippen MR) is 95.7 cm³/mol. The molecule has 0 fully saturated rings. The van der Waals surface area contributed by atoms with Crippen molar-refractivity contribution in [2.75, 3.05) is 5.32 Å². The Bertz CT molecular complexity index is 807. The van der Waals surface area contributed by atoms with Crippen LogP contribution in [0.25, 0.3) is 0 Å². The summed E-state index contributed by atoms with van der Waals surface area (Å²) in [5.74, 6) is -0.805. The number of amides is 1. The molecule has 0 saturated carbocycles. The molecule has 8 heteroatoms. The molecular weight excluding hydrogens is 427 g/mol. The summed E-state index contributed by atoms with van der Waals surface area (Å²) in [7, 11) is 0. The fourth-order valence-electron chi connectivity index (χ4n) is 1.97. The van der Waals surface area contributed by atoms with E-state index in [1.54, 1.807) is 24.3 Å². The predicted octanol–water partition coefficient (Wildman–Crippen LogP) is 3.51. The number of carbonyl (C=O) groups excluding carboxylic acids is 2. The summed E-state index contributed by atoms with van der Waals surface area (Å²) < 4.78 is 5.83. The van der Waals surface area contributed by atoms with Gasteiger partial charge in [0.05, 0.1) is 21.7 Å². The van der Waals surface area contributed by atoms with Crippen molar-refractivity contribution in [2.45, 2.75) is 13.5 Å². The van der Waals surface area contributed by atoms with E-state index in [1.165, 1.54) is 25.1 Å². The lowest BCUT2D eigenvalue weighted by Gasteiger charge is -2.08. The van der Waals surface area contributed by atoms with Crippen molar-refractivity contribution in [2.24, 2.45) is 0 Å². The molecule has 24 heavy (non-hydrogen) atoms. The Labute approximate surface area is 151 Å². The van der Waals surface area contributed by atoms with Crippen LogP contribution in [0.3, 0.4) is 0 Å². The van der Waals surface area contributed by atoms with Gasteiger partial charge in [-0.05, 0) is 46.9 Å². The number of carbonyl (C=O) groups is 2. The number of nitro benzene ring substituents is 1. The molecule has 0 bridgehead atoms. The first-order valence-electron chi connectivity index (χ1n) is 6.85. The molecule has 2 rings (SSSR count). The highest BCUT2D eigenvalue weighted by molar-refractivity contribution is 14.1. The summed E-state index contributed by atoms with van der Waals surface area (Å²) in [4.78, 5) is 33.6. The van der Waals surface area contributed by atoms with Crippen molar-refractivity contribution >= 4 is 45.8 Å². The Balaban J connectivity index is 2.09. The maximum absolute atomic E-state index is 12.1. The summed E-state index contributed by atoms with van der Waals surface area (Å²) in [5, 5.41) is 13.6. The Morgan fingerprint density at radius 3 is 2.58 bits per heavy atom. The largest absolute Gasteiger partial charge is 0.457 e. The van der Waals surface area contributed by atoms with E-state index in [0.29, 0.717) is 20.4 Å². The van der Waals surface area contributed by atoms with E-state index in [4.69, 9.17) is 4.74 Å². The van der Waals surface area contributed by atoms with Crippen LogP contribution in [0.2, 0.25) is 0 Å². The lowest BCUT2D eigenvalue weighted by atomic mass is 10.2. The average molecular weight is 440 g/mol. The lowest BCUT2D eigenvalue weighted by molar-refractivity contribution is -0.385. The molecule has 0 aromatic heterocycles. The van der Waals surface area contributed by atoms with E-state index in [1.807, 2.05) is 22.6 Å². The van der Waals surface area contributed by atoms with Gasteiger partial charge >= 0.3 is 5.97 Å². The van der Waals surface area contributed by atoms with Gasteiger partial charge in [0.25, 0.3) is 5.69 Å². The van der Waals surface area contributed by atoms with E-state index >= 15 is 0 Å². The van der Waals surface area contributed by atoms with Crippen LogP contribution in [0.5, 0.6) is 0 Å². The van der Waals surface area contributed by atoms with Crippen molar-refractivity contribution in [1.29, 1.82) is 0 Å². The summed E-state index contributed by atoms with van der Waals surface area (Å²) in [5.41, 5.74) is 1.12. The van der Waals surface area contributed by atoms with Gasteiger partial charge in [0, 0.05) is 16.6 Å². The van der Waals surface area contributed by atoms with Crippen LogP contribution >= 0.6 is 22.6 Å². The van der Waals surface area contributed by atoms with Crippen LogP contribution in [0.1, 0.15) is 22.8 Å². The quantitative estimate of drug-likeness (QED) is 0.332. The van der Waals surface area contributed by atoms with Gasteiger partial charge in [0.2, 0.25) is 5.91 Å². The number of benzene rings is 2. The monoisotopic (exact) mass is 440 g/mol. The Morgan fingerprint density at radius 2 is 1.96 bits per heavy atom. The molecule has 0 heterocycles. The molecule has 0 aliphatic heterocycles.